The van der Waals surface area contributed by atoms with Gasteiger partial charge < -0.3 is 0 Å². The maximum atomic E-state index is 13.2. The first-order chi connectivity index (χ1) is 5.79. The van der Waals surface area contributed by atoms with Gasteiger partial charge in [-0.3, -0.25) is 0 Å². The first kappa shape index (κ1) is 8.05. The van der Waals surface area contributed by atoms with Crippen LogP contribution in [0.25, 0.3) is 0 Å². The predicted octanol–water partition coefficient (Wildman–Crippen LogP) is 3.33. The molecule has 0 fully saturated rings. The molecule has 1 aromatic rings. The SMILES string of the molecule is Fc1cccc2c1SCCC2F. The van der Waals surface area contributed by atoms with E-state index in [1.807, 2.05) is 0 Å². The highest BCUT2D eigenvalue weighted by atomic mass is 32.2. The Morgan fingerprint density at radius 2 is 2.25 bits per heavy atom. The molecule has 0 aromatic heterocycles. The highest BCUT2D eigenvalue weighted by Crippen LogP contribution is 2.39. The highest BCUT2D eigenvalue weighted by Gasteiger charge is 2.21. The van der Waals surface area contributed by atoms with Crippen molar-refractivity contribution in [1.29, 1.82) is 0 Å². The van der Waals surface area contributed by atoms with E-state index in [1.165, 1.54) is 17.8 Å². The van der Waals surface area contributed by atoms with Crippen molar-refractivity contribution in [2.75, 3.05) is 5.75 Å². The zero-order valence-electron chi connectivity index (χ0n) is 6.39. The van der Waals surface area contributed by atoms with E-state index in [-0.39, 0.29) is 5.82 Å². The quantitative estimate of drug-likeness (QED) is 0.598. The van der Waals surface area contributed by atoms with E-state index in [2.05, 4.69) is 0 Å². The summed E-state index contributed by atoms with van der Waals surface area (Å²) in [6, 6.07) is 4.60. The fourth-order valence-corrected chi connectivity index (χ4v) is 2.44. The zero-order valence-corrected chi connectivity index (χ0v) is 7.20. The Hall–Kier alpha value is -0.570. The molecule has 2 rings (SSSR count). The summed E-state index contributed by atoms with van der Waals surface area (Å²) in [5.74, 6) is 0.384. The molecular weight excluding hydrogens is 178 g/mol. The standard InChI is InChI=1S/C9H8F2S/c10-7-4-5-12-9-6(7)2-1-3-8(9)11/h1-3,7H,4-5H2. The molecule has 0 saturated heterocycles. The molecule has 1 heterocycles. The number of hydrogen-bond donors (Lipinski definition) is 0. The maximum absolute atomic E-state index is 13.2. The number of fused-ring (bicyclic) bond motifs is 1. The van der Waals surface area contributed by atoms with Crippen LogP contribution in [0.3, 0.4) is 0 Å². The molecule has 64 valence electrons. The molecule has 1 unspecified atom stereocenters. The normalized spacial score (nSPS) is 22.0. The van der Waals surface area contributed by atoms with Crippen molar-refractivity contribution in [1.82, 2.24) is 0 Å². The summed E-state index contributed by atoms with van der Waals surface area (Å²) in [4.78, 5) is 0.497. The Labute approximate surface area is 74.0 Å². The number of thioether (sulfide) groups is 1. The molecule has 1 aliphatic rings. The van der Waals surface area contributed by atoms with Crippen LogP contribution >= 0.6 is 11.8 Å². The van der Waals surface area contributed by atoms with Crippen LogP contribution in [-0.2, 0) is 0 Å². The van der Waals surface area contributed by atoms with E-state index in [0.717, 1.165) is 0 Å². The third-order valence-corrected chi connectivity index (χ3v) is 3.11. The molecule has 0 spiro atoms. The Morgan fingerprint density at radius 1 is 1.42 bits per heavy atom. The largest absolute Gasteiger partial charge is 0.242 e. The van der Waals surface area contributed by atoms with E-state index >= 15 is 0 Å². The van der Waals surface area contributed by atoms with Crippen LogP contribution in [-0.4, -0.2) is 5.75 Å². The summed E-state index contributed by atoms with van der Waals surface area (Å²) >= 11 is 1.40. The summed E-state index contributed by atoms with van der Waals surface area (Å²) in [6.07, 6.45) is -0.474. The Balaban J connectivity index is 2.52. The summed E-state index contributed by atoms with van der Waals surface area (Å²) < 4.78 is 26.2. The third-order valence-electron chi connectivity index (χ3n) is 1.95. The van der Waals surface area contributed by atoms with E-state index in [9.17, 15) is 8.78 Å². The van der Waals surface area contributed by atoms with Crippen LogP contribution in [0.2, 0.25) is 0 Å². The average molecular weight is 186 g/mol. The fraction of sp³-hybridized carbons (Fsp3) is 0.333. The molecule has 0 radical (unpaired) electrons. The molecule has 3 heteroatoms. The van der Waals surface area contributed by atoms with Gasteiger partial charge in [0, 0.05) is 16.2 Å². The van der Waals surface area contributed by atoms with Gasteiger partial charge in [0.1, 0.15) is 12.0 Å². The van der Waals surface area contributed by atoms with E-state index in [1.54, 1.807) is 12.1 Å². The maximum Gasteiger partial charge on any atom is 0.137 e. The lowest BCUT2D eigenvalue weighted by atomic mass is 10.1. The number of alkyl halides is 1. The van der Waals surface area contributed by atoms with Gasteiger partial charge in [0.25, 0.3) is 0 Å². The molecular formula is C9H8F2S. The smallest absolute Gasteiger partial charge is 0.137 e. The monoisotopic (exact) mass is 186 g/mol. The van der Waals surface area contributed by atoms with E-state index in [0.29, 0.717) is 22.6 Å². The molecule has 0 bridgehead atoms. The van der Waals surface area contributed by atoms with Crippen LogP contribution in [0.15, 0.2) is 23.1 Å². The van der Waals surface area contributed by atoms with Gasteiger partial charge in [-0.1, -0.05) is 12.1 Å². The van der Waals surface area contributed by atoms with Crippen molar-refractivity contribution in [3.8, 4) is 0 Å². The first-order valence-corrected chi connectivity index (χ1v) is 4.83. The lowest BCUT2D eigenvalue weighted by Crippen LogP contribution is -2.03. The van der Waals surface area contributed by atoms with Crippen molar-refractivity contribution in [3.63, 3.8) is 0 Å². The predicted molar refractivity (Wildman–Crippen MR) is 45.6 cm³/mol. The van der Waals surface area contributed by atoms with Gasteiger partial charge in [0.15, 0.2) is 0 Å². The van der Waals surface area contributed by atoms with Crippen molar-refractivity contribution < 1.29 is 8.78 Å². The van der Waals surface area contributed by atoms with E-state index < -0.39 is 6.17 Å². The van der Waals surface area contributed by atoms with Crippen molar-refractivity contribution in [2.45, 2.75) is 17.5 Å². The molecule has 1 atom stereocenters. The Bertz CT molecular complexity index is 299. The molecule has 0 saturated carbocycles. The van der Waals surface area contributed by atoms with Crippen LogP contribution in [0.1, 0.15) is 18.2 Å². The van der Waals surface area contributed by atoms with Gasteiger partial charge in [-0.2, -0.15) is 0 Å². The molecule has 1 aliphatic heterocycles. The topological polar surface area (TPSA) is 0 Å². The van der Waals surface area contributed by atoms with Crippen molar-refractivity contribution in [3.05, 3.63) is 29.6 Å². The summed E-state index contributed by atoms with van der Waals surface area (Å²) in [6.45, 7) is 0. The van der Waals surface area contributed by atoms with Gasteiger partial charge in [0.2, 0.25) is 0 Å². The molecule has 0 N–H and O–H groups in total. The average Bonchev–Trinajstić information content (AvgIpc) is 2.07. The summed E-state index contributed by atoms with van der Waals surface area (Å²) in [5, 5.41) is 0. The second-order valence-electron chi connectivity index (χ2n) is 2.76. The lowest BCUT2D eigenvalue weighted by Gasteiger charge is -2.18. The van der Waals surface area contributed by atoms with Crippen LogP contribution in [0, 0.1) is 5.82 Å². The molecule has 0 amide bonds. The minimum Gasteiger partial charge on any atom is -0.242 e. The highest BCUT2D eigenvalue weighted by molar-refractivity contribution is 7.99. The lowest BCUT2D eigenvalue weighted by molar-refractivity contribution is 0.326. The summed E-state index contributed by atoms with van der Waals surface area (Å²) in [7, 11) is 0. The van der Waals surface area contributed by atoms with Gasteiger partial charge in [-0.05, 0) is 12.5 Å². The second-order valence-corrected chi connectivity index (χ2v) is 3.87. The summed E-state index contributed by atoms with van der Waals surface area (Å²) in [5.41, 5.74) is 0.520. The minimum atomic E-state index is -0.975. The first-order valence-electron chi connectivity index (χ1n) is 3.84. The van der Waals surface area contributed by atoms with Gasteiger partial charge in [-0.15, -0.1) is 11.8 Å². The van der Waals surface area contributed by atoms with Crippen LogP contribution in [0.4, 0.5) is 8.78 Å². The number of benzene rings is 1. The number of hydrogen-bond acceptors (Lipinski definition) is 1. The molecule has 12 heavy (non-hydrogen) atoms. The Morgan fingerprint density at radius 3 is 3.00 bits per heavy atom. The molecule has 1 aromatic carbocycles. The van der Waals surface area contributed by atoms with Crippen molar-refractivity contribution >= 4 is 11.8 Å². The van der Waals surface area contributed by atoms with Crippen molar-refractivity contribution in [2.24, 2.45) is 0 Å². The number of halogens is 2. The fourth-order valence-electron chi connectivity index (χ4n) is 1.34. The van der Waals surface area contributed by atoms with Gasteiger partial charge in [0.05, 0.1) is 0 Å². The minimum absolute atomic E-state index is 0.292. The molecule has 0 nitrogen and oxygen atoms in total. The van der Waals surface area contributed by atoms with Crippen LogP contribution in [0.5, 0.6) is 0 Å². The van der Waals surface area contributed by atoms with Crippen LogP contribution < -0.4 is 0 Å². The number of rotatable bonds is 0. The third kappa shape index (κ3) is 1.22. The molecule has 0 aliphatic carbocycles. The van der Waals surface area contributed by atoms with Gasteiger partial charge >= 0.3 is 0 Å². The van der Waals surface area contributed by atoms with E-state index in [4.69, 9.17) is 0 Å². The second kappa shape index (κ2) is 3.05. The van der Waals surface area contributed by atoms with Gasteiger partial charge in [-0.25, -0.2) is 8.78 Å². The zero-order chi connectivity index (χ0) is 8.55. The Kier molecular flexibility index (Phi) is 2.05.